The first-order valence-corrected chi connectivity index (χ1v) is 6.38. The molecule has 1 spiro atoms. The highest BCUT2D eigenvalue weighted by molar-refractivity contribution is 5.90. The quantitative estimate of drug-likeness (QED) is 0.622. The lowest BCUT2D eigenvalue weighted by Gasteiger charge is -2.26. The van der Waals surface area contributed by atoms with Gasteiger partial charge in [0.15, 0.2) is 0 Å². The highest BCUT2D eigenvalue weighted by Crippen LogP contribution is 2.52. The first kappa shape index (κ1) is 11.7. The summed E-state index contributed by atoms with van der Waals surface area (Å²) in [6.45, 7) is 4.44. The summed E-state index contributed by atoms with van der Waals surface area (Å²) in [5.41, 5.74) is -0.726. The number of carboxylic acids is 1. The van der Waals surface area contributed by atoms with Gasteiger partial charge in [0.2, 0.25) is 5.91 Å². The molecule has 0 N–H and O–H groups in total. The van der Waals surface area contributed by atoms with Crippen molar-refractivity contribution in [1.29, 1.82) is 0 Å². The van der Waals surface area contributed by atoms with Crippen LogP contribution in [0.1, 0.15) is 20.3 Å². The maximum absolute atomic E-state index is 12.4. The van der Waals surface area contributed by atoms with E-state index >= 15 is 0 Å². The van der Waals surface area contributed by atoms with Crippen LogP contribution in [0.4, 0.5) is 0 Å². The van der Waals surface area contributed by atoms with Crippen LogP contribution in [0.3, 0.4) is 0 Å². The molecule has 5 heteroatoms. The lowest BCUT2D eigenvalue weighted by Crippen LogP contribution is -2.45. The van der Waals surface area contributed by atoms with Gasteiger partial charge in [0.1, 0.15) is 5.60 Å². The van der Waals surface area contributed by atoms with E-state index in [1.165, 1.54) is 0 Å². The van der Waals surface area contributed by atoms with E-state index in [1.54, 1.807) is 11.0 Å². The predicted molar refractivity (Wildman–Crippen MR) is 60.2 cm³/mol. The molecule has 5 atom stereocenters. The molecule has 5 nitrogen and oxygen atoms in total. The number of fused-ring (bicyclic) bond motifs is 1. The van der Waals surface area contributed by atoms with Gasteiger partial charge in [0.05, 0.1) is 18.6 Å². The van der Waals surface area contributed by atoms with Crippen LogP contribution >= 0.6 is 0 Å². The number of carbonyl (C=O) groups is 2. The molecule has 2 bridgehead atoms. The van der Waals surface area contributed by atoms with Crippen LogP contribution in [0.5, 0.6) is 0 Å². The fourth-order valence-electron chi connectivity index (χ4n) is 3.39. The third-order valence-corrected chi connectivity index (χ3v) is 4.52. The van der Waals surface area contributed by atoms with Gasteiger partial charge in [-0.3, -0.25) is 4.79 Å². The summed E-state index contributed by atoms with van der Waals surface area (Å²) in [5, 5.41) is 11.2. The zero-order valence-electron chi connectivity index (χ0n) is 10.5. The summed E-state index contributed by atoms with van der Waals surface area (Å²) >= 11 is 0. The Morgan fingerprint density at radius 1 is 1.72 bits per heavy atom. The molecule has 0 aromatic heterocycles. The maximum atomic E-state index is 12.4. The minimum absolute atomic E-state index is 0.106. The Kier molecular flexibility index (Phi) is 2.32. The number of carboxylic acid groups (broad SMARTS) is 1. The number of rotatable bonds is 3. The van der Waals surface area contributed by atoms with Crippen LogP contribution in [0.15, 0.2) is 12.2 Å². The lowest BCUT2D eigenvalue weighted by molar-refractivity contribution is -0.313. The van der Waals surface area contributed by atoms with E-state index in [1.807, 2.05) is 19.9 Å². The normalized spacial score (nSPS) is 42.4. The summed E-state index contributed by atoms with van der Waals surface area (Å²) in [6, 6.07) is 0.107. The van der Waals surface area contributed by atoms with Gasteiger partial charge in [-0.1, -0.05) is 19.1 Å². The molecule has 2 fully saturated rings. The van der Waals surface area contributed by atoms with Gasteiger partial charge >= 0.3 is 0 Å². The standard InChI is InChI=1S/C13H17NO4/c1-3-7(2)14-6-13-5-4-8(18-13)9(12(16)17)10(13)11(14)15/h4-5,7-10H,3,6H2,1-2H3,(H,16,17)/p-1/t7-,8-,9+,10-,13+/m1/s1. The molecule has 0 aromatic rings. The molecule has 1 amide bonds. The van der Waals surface area contributed by atoms with Crippen LogP contribution in [-0.2, 0) is 14.3 Å². The minimum atomic E-state index is -1.18. The molecule has 0 saturated carbocycles. The number of likely N-dealkylation sites (tertiary alicyclic amines) is 1. The number of ether oxygens (including phenoxy) is 1. The van der Waals surface area contributed by atoms with Crippen molar-refractivity contribution >= 4 is 11.9 Å². The predicted octanol–water partition coefficient (Wildman–Crippen LogP) is -0.683. The summed E-state index contributed by atoms with van der Waals surface area (Å²) in [5.74, 6) is -2.73. The molecule has 0 aliphatic carbocycles. The number of amides is 1. The second-order valence-electron chi connectivity index (χ2n) is 5.44. The zero-order chi connectivity index (χ0) is 13.1. The third-order valence-electron chi connectivity index (χ3n) is 4.52. The van der Waals surface area contributed by atoms with E-state index < -0.39 is 29.5 Å². The molecular formula is C13H16NO4-. The Morgan fingerprint density at radius 3 is 3.06 bits per heavy atom. The van der Waals surface area contributed by atoms with Gasteiger partial charge in [-0.05, 0) is 13.3 Å². The monoisotopic (exact) mass is 250 g/mol. The van der Waals surface area contributed by atoms with Crippen LogP contribution in [0.25, 0.3) is 0 Å². The van der Waals surface area contributed by atoms with Gasteiger partial charge in [0, 0.05) is 17.9 Å². The first-order valence-electron chi connectivity index (χ1n) is 6.38. The second-order valence-corrected chi connectivity index (χ2v) is 5.44. The average Bonchev–Trinajstić information content (AvgIpc) is 2.96. The molecule has 3 rings (SSSR count). The Hall–Kier alpha value is -1.36. The molecule has 3 aliphatic rings. The Bertz CT molecular complexity index is 446. The number of carbonyl (C=O) groups excluding carboxylic acids is 2. The Balaban J connectivity index is 1.97. The second kappa shape index (κ2) is 3.57. The van der Waals surface area contributed by atoms with E-state index in [9.17, 15) is 14.7 Å². The number of aliphatic carboxylic acids is 1. The summed E-state index contributed by atoms with van der Waals surface area (Å²) in [4.78, 5) is 25.4. The van der Waals surface area contributed by atoms with Crippen LogP contribution in [0, 0.1) is 11.8 Å². The van der Waals surface area contributed by atoms with Gasteiger partial charge < -0.3 is 19.5 Å². The van der Waals surface area contributed by atoms with Crippen molar-refractivity contribution in [2.75, 3.05) is 6.54 Å². The van der Waals surface area contributed by atoms with Crippen molar-refractivity contribution in [3.05, 3.63) is 12.2 Å². The minimum Gasteiger partial charge on any atom is -0.550 e. The molecule has 0 aromatic carbocycles. The molecule has 0 radical (unpaired) electrons. The Morgan fingerprint density at radius 2 is 2.44 bits per heavy atom. The van der Waals surface area contributed by atoms with Crippen molar-refractivity contribution in [2.24, 2.45) is 11.8 Å². The topological polar surface area (TPSA) is 69.7 Å². The average molecular weight is 250 g/mol. The van der Waals surface area contributed by atoms with Crippen LogP contribution in [0.2, 0.25) is 0 Å². The smallest absolute Gasteiger partial charge is 0.230 e. The van der Waals surface area contributed by atoms with Crippen LogP contribution < -0.4 is 5.11 Å². The van der Waals surface area contributed by atoms with E-state index in [4.69, 9.17) is 4.74 Å². The molecule has 18 heavy (non-hydrogen) atoms. The van der Waals surface area contributed by atoms with E-state index in [0.717, 1.165) is 6.42 Å². The lowest BCUT2D eigenvalue weighted by atomic mass is 9.77. The van der Waals surface area contributed by atoms with Gasteiger partial charge in [0.25, 0.3) is 0 Å². The summed E-state index contributed by atoms with van der Waals surface area (Å²) in [6.07, 6.45) is 3.97. The molecule has 3 aliphatic heterocycles. The third kappa shape index (κ3) is 1.25. The molecular weight excluding hydrogens is 234 g/mol. The highest BCUT2D eigenvalue weighted by Gasteiger charge is 2.65. The molecule has 2 saturated heterocycles. The SMILES string of the molecule is CC[C@@H](C)N1C[C@]23C=C[C@@H](O2)[C@H](C(=O)[O-])[C@@H]3C1=O. The van der Waals surface area contributed by atoms with Gasteiger partial charge in [-0.15, -0.1) is 0 Å². The van der Waals surface area contributed by atoms with Crippen molar-refractivity contribution in [2.45, 2.75) is 38.0 Å². The largest absolute Gasteiger partial charge is 0.550 e. The van der Waals surface area contributed by atoms with Crippen molar-refractivity contribution in [3.63, 3.8) is 0 Å². The van der Waals surface area contributed by atoms with Gasteiger partial charge in [-0.25, -0.2) is 0 Å². The molecule has 98 valence electrons. The number of hydrogen-bond donors (Lipinski definition) is 0. The van der Waals surface area contributed by atoms with Crippen molar-refractivity contribution in [1.82, 2.24) is 4.90 Å². The highest BCUT2D eigenvalue weighted by atomic mass is 16.5. The summed E-state index contributed by atoms with van der Waals surface area (Å²) in [7, 11) is 0. The molecule has 0 unspecified atom stereocenters. The van der Waals surface area contributed by atoms with E-state index in [-0.39, 0.29) is 11.9 Å². The van der Waals surface area contributed by atoms with Gasteiger partial charge in [-0.2, -0.15) is 0 Å². The zero-order valence-corrected chi connectivity index (χ0v) is 10.5. The van der Waals surface area contributed by atoms with E-state index in [0.29, 0.717) is 6.54 Å². The molecule has 3 heterocycles. The maximum Gasteiger partial charge on any atom is 0.230 e. The fourth-order valence-corrected chi connectivity index (χ4v) is 3.39. The summed E-state index contributed by atoms with van der Waals surface area (Å²) < 4.78 is 5.76. The number of hydrogen-bond acceptors (Lipinski definition) is 4. The van der Waals surface area contributed by atoms with Crippen molar-refractivity contribution < 1.29 is 19.4 Å². The Labute approximate surface area is 105 Å². The fraction of sp³-hybridized carbons (Fsp3) is 0.692. The van der Waals surface area contributed by atoms with Crippen molar-refractivity contribution in [3.8, 4) is 0 Å². The first-order chi connectivity index (χ1) is 8.50. The number of nitrogens with zero attached hydrogens (tertiary/aromatic N) is 1. The van der Waals surface area contributed by atoms with Crippen LogP contribution in [-0.4, -0.2) is 41.1 Å². The van der Waals surface area contributed by atoms with E-state index in [2.05, 4.69) is 0 Å².